The minimum absolute atomic E-state index is 0.0701. The van der Waals surface area contributed by atoms with Crippen LogP contribution in [0.4, 0.5) is 4.39 Å². The van der Waals surface area contributed by atoms with Gasteiger partial charge in [0.05, 0.1) is 4.90 Å². The Balaban J connectivity index is 2.87. The lowest BCUT2D eigenvalue weighted by Crippen LogP contribution is -2.24. The average molecular weight is 216 g/mol. The maximum absolute atomic E-state index is 12.5. The van der Waals surface area contributed by atoms with Crippen LogP contribution < -0.4 is 4.72 Å². The van der Waals surface area contributed by atoms with E-state index in [9.17, 15) is 12.8 Å². The summed E-state index contributed by atoms with van der Waals surface area (Å²) in [6.45, 7) is 2.01. The maximum atomic E-state index is 12.5. The molecule has 0 atom stereocenters. The summed E-state index contributed by atoms with van der Waals surface area (Å²) >= 11 is 0. The monoisotopic (exact) mass is 216 g/mol. The molecule has 5 heteroatoms. The molecule has 0 saturated carbocycles. The van der Waals surface area contributed by atoms with Crippen molar-refractivity contribution < 1.29 is 12.8 Å². The van der Waals surface area contributed by atoms with Gasteiger partial charge in [0.2, 0.25) is 10.0 Å². The third kappa shape index (κ3) is 2.78. The van der Waals surface area contributed by atoms with Crippen LogP contribution in [0.15, 0.2) is 29.2 Å². The van der Waals surface area contributed by atoms with Gasteiger partial charge in [0.15, 0.2) is 0 Å². The molecule has 1 radical (unpaired) electrons. The van der Waals surface area contributed by atoms with Gasteiger partial charge in [-0.15, -0.1) is 0 Å². The minimum atomic E-state index is -3.49. The molecule has 1 N–H and O–H groups in total. The van der Waals surface area contributed by atoms with Crippen molar-refractivity contribution in [1.29, 1.82) is 0 Å². The van der Waals surface area contributed by atoms with E-state index in [2.05, 4.69) is 4.72 Å². The molecule has 0 spiro atoms. The van der Waals surface area contributed by atoms with E-state index in [1.807, 2.05) is 0 Å². The van der Waals surface area contributed by atoms with E-state index in [0.29, 0.717) is 0 Å². The SMILES string of the molecule is C[CH]CNS(=O)(=O)c1ccc(F)cc1. The molecule has 0 aromatic heterocycles. The molecular formula is C9H11FNO2S. The summed E-state index contributed by atoms with van der Waals surface area (Å²) in [6.07, 6.45) is 1.68. The highest BCUT2D eigenvalue weighted by Gasteiger charge is 2.11. The molecule has 0 heterocycles. The van der Waals surface area contributed by atoms with Crippen molar-refractivity contribution in [3.63, 3.8) is 0 Å². The first-order valence-electron chi connectivity index (χ1n) is 4.09. The topological polar surface area (TPSA) is 46.2 Å². The van der Waals surface area contributed by atoms with Gasteiger partial charge in [-0.2, -0.15) is 0 Å². The lowest BCUT2D eigenvalue weighted by molar-refractivity contribution is 0.583. The fraction of sp³-hybridized carbons (Fsp3) is 0.222. The highest BCUT2D eigenvalue weighted by atomic mass is 32.2. The van der Waals surface area contributed by atoms with Crippen molar-refractivity contribution >= 4 is 10.0 Å². The van der Waals surface area contributed by atoms with E-state index in [1.54, 1.807) is 13.3 Å². The molecule has 0 unspecified atom stereocenters. The zero-order chi connectivity index (χ0) is 10.6. The summed E-state index contributed by atoms with van der Waals surface area (Å²) in [4.78, 5) is 0.0701. The smallest absolute Gasteiger partial charge is 0.211 e. The second-order valence-electron chi connectivity index (χ2n) is 2.71. The molecule has 0 amide bonds. The highest BCUT2D eigenvalue weighted by molar-refractivity contribution is 7.89. The predicted octanol–water partition coefficient (Wildman–Crippen LogP) is 1.33. The highest BCUT2D eigenvalue weighted by Crippen LogP contribution is 2.08. The Kier molecular flexibility index (Phi) is 3.60. The summed E-state index contributed by atoms with van der Waals surface area (Å²) in [5.74, 6) is -0.453. The number of halogens is 1. The number of rotatable bonds is 4. The second kappa shape index (κ2) is 4.52. The first-order valence-corrected chi connectivity index (χ1v) is 5.57. The van der Waals surface area contributed by atoms with Crippen molar-refractivity contribution in [3.8, 4) is 0 Å². The fourth-order valence-electron chi connectivity index (χ4n) is 0.890. The summed E-state index contributed by atoms with van der Waals surface area (Å²) in [5, 5.41) is 0. The Morgan fingerprint density at radius 3 is 2.43 bits per heavy atom. The Morgan fingerprint density at radius 1 is 1.36 bits per heavy atom. The summed E-state index contributed by atoms with van der Waals surface area (Å²) in [5.41, 5.74) is 0. The molecule has 0 aliphatic carbocycles. The molecule has 14 heavy (non-hydrogen) atoms. The zero-order valence-corrected chi connectivity index (χ0v) is 8.51. The maximum Gasteiger partial charge on any atom is 0.240 e. The summed E-state index contributed by atoms with van der Waals surface area (Å²) < 4.78 is 37.7. The lowest BCUT2D eigenvalue weighted by atomic mass is 10.4. The number of benzene rings is 1. The van der Waals surface area contributed by atoms with Crippen LogP contribution in [-0.4, -0.2) is 15.0 Å². The third-order valence-electron chi connectivity index (χ3n) is 1.60. The van der Waals surface area contributed by atoms with Gasteiger partial charge >= 0.3 is 0 Å². The molecule has 0 aliphatic rings. The lowest BCUT2D eigenvalue weighted by Gasteiger charge is -2.04. The van der Waals surface area contributed by atoms with Crippen LogP contribution in [-0.2, 0) is 10.0 Å². The number of hydrogen-bond acceptors (Lipinski definition) is 2. The van der Waals surface area contributed by atoms with Crippen molar-refractivity contribution in [2.45, 2.75) is 11.8 Å². The van der Waals surface area contributed by atoms with E-state index >= 15 is 0 Å². The number of sulfonamides is 1. The summed E-state index contributed by atoms with van der Waals surface area (Å²) in [6, 6.07) is 4.69. The molecule has 1 aromatic rings. The first kappa shape index (κ1) is 11.1. The van der Waals surface area contributed by atoms with E-state index in [0.717, 1.165) is 12.1 Å². The van der Waals surface area contributed by atoms with E-state index in [4.69, 9.17) is 0 Å². The van der Waals surface area contributed by atoms with Crippen molar-refractivity contribution in [1.82, 2.24) is 4.72 Å². The van der Waals surface area contributed by atoms with Crippen LogP contribution in [0, 0.1) is 12.2 Å². The Morgan fingerprint density at radius 2 is 1.93 bits per heavy atom. The molecule has 1 aromatic carbocycles. The Hall–Kier alpha value is -0.940. The van der Waals surface area contributed by atoms with E-state index in [1.165, 1.54) is 12.1 Å². The van der Waals surface area contributed by atoms with Gasteiger partial charge < -0.3 is 0 Å². The Labute approximate surface area is 83.0 Å². The molecule has 77 valence electrons. The largest absolute Gasteiger partial charge is 0.240 e. The van der Waals surface area contributed by atoms with Gasteiger partial charge in [0.1, 0.15) is 5.82 Å². The zero-order valence-electron chi connectivity index (χ0n) is 7.70. The third-order valence-corrected chi connectivity index (χ3v) is 3.04. The van der Waals surface area contributed by atoms with Crippen LogP contribution >= 0.6 is 0 Å². The van der Waals surface area contributed by atoms with Crippen molar-refractivity contribution in [2.75, 3.05) is 6.54 Å². The van der Waals surface area contributed by atoms with Gasteiger partial charge in [-0.05, 0) is 30.7 Å². The number of hydrogen-bond donors (Lipinski definition) is 1. The van der Waals surface area contributed by atoms with Crippen LogP contribution in [0.3, 0.4) is 0 Å². The quantitative estimate of drug-likeness (QED) is 0.825. The first-order chi connectivity index (χ1) is 6.56. The van der Waals surface area contributed by atoms with E-state index in [-0.39, 0.29) is 11.4 Å². The van der Waals surface area contributed by atoms with Crippen molar-refractivity contribution in [3.05, 3.63) is 36.5 Å². The van der Waals surface area contributed by atoms with Crippen LogP contribution in [0.1, 0.15) is 6.92 Å². The molecular weight excluding hydrogens is 205 g/mol. The normalized spacial score (nSPS) is 11.6. The molecule has 3 nitrogen and oxygen atoms in total. The van der Waals surface area contributed by atoms with Crippen LogP contribution in [0.25, 0.3) is 0 Å². The predicted molar refractivity (Wildman–Crippen MR) is 51.6 cm³/mol. The van der Waals surface area contributed by atoms with Gasteiger partial charge in [-0.25, -0.2) is 17.5 Å². The van der Waals surface area contributed by atoms with Gasteiger partial charge in [-0.3, -0.25) is 0 Å². The van der Waals surface area contributed by atoms with Crippen LogP contribution in [0.2, 0.25) is 0 Å². The minimum Gasteiger partial charge on any atom is -0.211 e. The molecule has 0 aliphatic heterocycles. The molecule has 0 fully saturated rings. The van der Waals surface area contributed by atoms with Gasteiger partial charge in [0.25, 0.3) is 0 Å². The van der Waals surface area contributed by atoms with Crippen molar-refractivity contribution in [2.24, 2.45) is 0 Å². The Bertz CT molecular complexity index is 386. The van der Waals surface area contributed by atoms with Crippen LogP contribution in [0.5, 0.6) is 0 Å². The molecule has 0 bridgehead atoms. The second-order valence-corrected chi connectivity index (χ2v) is 4.48. The van der Waals surface area contributed by atoms with Gasteiger partial charge in [0, 0.05) is 6.54 Å². The van der Waals surface area contributed by atoms with Gasteiger partial charge in [-0.1, -0.05) is 6.92 Å². The van der Waals surface area contributed by atoms with E-state index < -0.39 is 15.8 Å². The molecule has 1 rings (SSSR count). The standard InChI is InChI=1S/C9H11FNO2S/c1-2-7-11-14(12,13)9-5-3-8(10)4-6-9/h2-6,11H,7H2,1H3. The molecule has 0 saturated heterocycles. The summed E-state index contributed by atoms with van der Waals surface area (Å²) in [7, 11) is -3.49. The number of nitrogens with one attached hydrogen (secondary N) is 1. The average Bonchev–Trinajstić information content (AvgIpc) is 2.16. The fourth-order valence-corrected chi connectivity index (χ4v) is 1.94.